The topological polar surface area (TPSA) is 122 Å². The second kappa shape index (κ2) is 14.3. The number of halogens is 1. The first-order chi connectivity index (χ1) is 22.4. The van der Waals surface area contributed by atoms with E-state index >= 15 is 0 Å². The molecule has 0 aliphatic carbocycles. The third-order valence-corrected chi connectivity index (χ3v) is 8.34. The van der Waals surface area contributed by atoms with E-state index < -0.39 is 23.5 Å². The molecule has 2 amide bonds. The number of carbonyl (C=O) groups excluding carboxylic acids is 4. The molecule has 0 aromatic heterocycles. The largest absolute Gasteiger partial charge is 0.489 e. The molecule has 10 nitrogen and oxygen atoms in total. The van der Waals surface area contributed by atoms with Crippen LogP contribution >= 0.6 is 0 Å². The molecule has 0 saturated carbocycles. The van der Waals surface area contributed by atoms with Gasteiger partial charge in [-0.3, -0.25) is 24.1 Å². The van der Waals surface area contributed by atoms with Gasteiger partial charge in [0.25, 0.3) is 5.91 Å². The minimum absolute atomic E-state index is 0.0433. The molecule has 1 atom stereocenters. The Hall–Kier alpha value is -4.77. The SMILES string of the molecule is CC(C)(C)OC(=O)CCC(C(N)=O)N1Cc2c(OCc3ccc(CN4CCN(c5ccc(C=O)cc5F)CC4)cc3)cccc2C1=O. The van der Waals surface area contributed by atoms with E-state index in [-0.39, 0.29) is 37.7 Å². The number of benzene rings is 3. The Bertz CT molecular complexity index is 1630. The van der Waals surface area contributed by atoms with Gasteiger partial charge in [0.2, 0.25) is 5.91 Å². The molecule has 11 heteroatoms. The summed E-state index contributed by atoms with van der Waals surface area (Å²) in [5, 5.41) is 0. The Labute approximate surface area is 274 Å². The van der Waals surface area contributed by atoms with E-state index in [2.05, 4.69) is 17.0 Å². The summed E-state index contributed by atoms with van der Waals surface area (Å²) in [4.78, 5) is 54.5. The average Bonchev–Trinajstić information content (AvgIpc) is 3.36. The molecule has 0 radical (unpaired) electrons. The summed E-state index contributed by atoms with van der Waals surface area (Å²) in [6.07, 6.45) is 0.669. The van der Waals surface area contributed by atoms with Gasteiger partial charge >= 0.3 is 5.97 Å². The number of nitrogens with zero attached hydrogens (tertiary/aromatic N) is 3. The second-order valence-corrected chi connectivity index (χ2v) is 13.0. The third kappa shape index (κ3) is 8.34. The van der Waals surface area contributed by atoms with Crippen LogP contribution in [0.15, 0.2) is 60.7 Å². The lowest BCUT2D eigenvalue weighted by Crippen LogP contribution is -2.46. The molecule has 2 aliphatic heterocycles. The van der Waals surface area contributed by atoms with Crippen LogP contribution in [0.3, 0.4) is 0 Å². The number of primary amides is 1. The van der Waals surface area contributed by atoms with E-state index in [0.717, 1.165) is 30.8 Å². The molecule has 3 aromatic rings. The highest BCUT2D eigenvalue weighted by Crippen LogP contribution is 2.33. The number of rotatable bonds is 12. The van der Waals surface area contributed by atoms with Gasteiger partial charge in [-0.1, -0.05) is 30.3 Å². The summed E-state index contributed by atoms with van der Waals surface area (Å²) in [7, 11) is 0. The van der Waals surface area contributed by atoms with Crippen LogP contribution in [0.1, 0.15) is 71.0 Å². The quantitative estimate of drug-likeness (QED) is 0.227. The Morgan fingerprint density at radius 3 is 2.34 bits per heavy atom. The van der Waals surface area contributed by atoms with Crippen molar-refractivity contribution in [1.82, 2.24) is 9.80 Å². The number of nitrogens with two attached hydrogens (primary N) is 1. The lowest BCUT2D eigenvalue weighted by Gasteiger charge is -2.36. The predicted octanol–water partition coefficient (Wildman–Crippen LogP) is 4.47. The molecule has 248 valence electrons. The first-order valence-electron chi connectivity index (χ1n) is 15.8. The smallest absolute Gasteiger partial charge is 0.306 e. The molecule has 5 rings (SSSR count). The maximum absolute atomic E-state index is 14.5. The first-order valence-corrected chi connectivity index (χ1v) is 15.8. The molecule has 2 N–H and O–H groups in total. The van der Waals surface area contributed by atoms with Crippen molar-refractivity contribution in [3.8, 4) is 5.75 Å². The monoisotopic (exact) mass is 644 g/mol. The molecular formula is C36H41FN4O6. The van der Waals surface area contributed by atoms with Crippen LogP contribution in [-0.2, 0) is 34.0 Å². The molecular weight excluding hydrogens is 603 g/mol. The number of hydrogen-bond donors (Lipinski definition) is 1. The van der Waals surface area contributed by atoms with E-state index in [1.807, 2.05) is 17.0 Å². The molecule has 2 heterocycles. The van der Waals surface area contributed by atoms with Gasteiger partial charge in [-0.2, -0.15) is 0 Å². The van der Waals surface area contributed by atoms with Crippen molar-refractivity contribution in [1.29, 1.82) is 0 Å². The number of piperazine rings is 1. The normalized spacial score (nSPS) is 15.7. The van der Waals surface area contributed by atoms with Crippen LogP contribution in [0.4, 0.5) is 10.1 Å². The van der Waals surface area contributed by atoms with E-state index in [0.29, 0.717) is 47.5 Å². The van der Waals surface area contributed by atoms with E-state index in [1.54, 1.807) is 51.1 Å². The number of carbonyl (C=O) groups is 4. The number of amides is 2. The fraction of sp³-hybridized carbons (Fsp3) is 0.389. The van der Waals surface area contributed by atoms with Crippen molar-refractivity contribution < 1.29 is 33.0 Å². The number of esters is 1. The van der Waals surface area contributed by atoms with Crippen molar-refractivity contribution in [2.75, 3.05) is 31.1 Å². The fourth-order valence-electron chi connectivity index (χ4n) is 5.97. The van der Waals surface area contributed by atoms with Gasteiger partial charge in [0.1, 0.15) is 36.1 Å². The van der Waals surface area contributed by atoms with Crippen LogP contribution in [0.5, 0.6) is 5.75 Å². The van der Waals surface area contributed by atoms with Crippen LogP contribution in [-0.4, -0.2) is 71.7 Å². The molecule has 2 aliphatic rings. The summed E-state index contributed by atoms with van der Waals surface area (Å²) in [5.74, 6) is -1.30. The van der Waals surface area contributed by atoms with Crippen molar-refractivity contribution in [2.24, 2.45) is 5.73 Å². The summed E-state index contributed by atoms with van der Waals surface area (Å²) in [6.45, 7) is 9.44. The lowest BCUT2D eigenvalue weighted by atomic mass is 10.1. The molecule has 1 saturated heterocycles. The zero-order valence-corrected chi connectivity index (χ0v) is 27.0. The average molecular weight is 645 g/mol. The highest BCUT2D eigenvalue weighted by molar-refractivity contribution is 6.01. The Morgan fingerprint density at radius 1 is 1.00 bits per heavy atom. The van der Waals surface area contributed by atoms with Crippen molar-refractivity contribution in [2.45, 2.75) is 65.0 Å². The molecule has 0 bridgehead atoms. The zero-order chi connectivity index (χ0) is 33.7. The summed E-state index contributed by atoms with van der Waals surface area (Å²) >= 11 is 0. The van der Waals surface area contributed by atoms with Crippen molar-refractivity contribution in [3.63, 3.8) is 0 Å². The van der Waals surface area contributed by atoms with Gasteiger partial charge in [-0.15, -0.1) is 0 Å². The minimum atomic E-state index is -0.957. The Kier molecular flexibility index (Phi) is 10.2. The fourth-order valence-corrected chi connectivity index (χ4v) is 5.97. The van der Waals surface area contributed by atoms with Gasteiger partial charge in [0, 0.05) is 55.8 Å². The minimum Gasteiger partial charge on any atom is -0.489 e. The Balaban J connectivity index is 1.14. The maximum Gasteiger partial charge on any atom is 0.306 e. The van der Waals surface area contributed by atoms with Gasteiger partial charge in [0.05, 0.1) is 12.2 Å². The van der Waals surface area contributed by atoms with Crippen molar-refractivity contribution in [3.05, 3.63) is 94.3 Å². The predicted molar refractivity (Wildman–Crippen MR) is 174 cm³/mol. The molecule has 3 aromatic carbocycles. The molecule has 47 heavy (non-hydrogen) atoms. The van der Waals surface area contributed by atoms with Crippen LogP contribution in [0, 0.1) is 5.82 Å². The number of aldehydes is 1. The van der Waals surface area contributed by atoms with Gasteiger partial charge in [0.15, 0.2) is 0 Å². The lowest BCUT2D eigenvalue weighted by molar-refractivity contribution is -0.155. The summed E-state index contributed by atoms with van der Waals surface area (Å²) in [6, 6.07) is 17.0. The van der Waals surface area contributed by atoms with E-state index in [1.165, 1.54) is 11.0 Å². The number of fused-ring (bicyclic) bond motifs is 1. The van der Waals surface area contributed by atoms with Gasteiger partial charge in [-0.25, -0.2) is 4.39 Å². The van der Waals surface area contributed by atoms with Crippen LogP contribution in [0.25, 0.3) is 0 Å². The summed E-state index contributed by atoms with van der Waals surface area (Å²) in [5.41, 5.74) is 9.09. The standard InChI is InChI=1S/C36H41FN4O6/c1-36(2,3)47-33(43)14-13-31(34(38)44)41-21-28-27(35(41)45)5-4-6-32(28)46-23-25-9-7-24(8-10-25)20-39-15-17-40(18-16-39)30-12-11-26(22-42)19-29(30)37/h4-12,19,22,31H,13-18,20-21,23H2,1-3H3,(H2,38,44). The van der Waals surface area contributed by atoms with Crippen molar-refractivity contribution >= 4 is 29.8 Å². The molecule has 1 fully saturated rings. The number of hydrogen-bond acceptors (Lipinski definition) is 8. The highest BCUT2D eigenvalue weighted by Gasteiger charge is 2.37. The number of anilines is 1. The molecule has 1 unspecified atom stereocenters. The van der Waals surface area contributed by atoms with Crippen LogP contribution in [0.2, 0.25) is 0 Å². The second-order valence-electron chi connectivity index (χ2n) is 13.0. The van der Waals surface area contributed by atoms with E-state index in [4.69, 9.17) is 15.2 Å². The Morgan fingerprint density at radius 2 is 1.70 bits per heavy atom. The van der Waals surface area contributed by atoms with E-state index in [9.17, 15) is 23.6 Å². The first kappa shape index (κ1) is 33.6. The van der Waals surface area contributed by atoms with Crippen LogP contribution < -0.4 is 15.4 Å². The molecule has 0 spiro atoms. The maximum atomic E-state index is 14.5. The third-order valence-electron chi connectivity index (χ3n) is 8.34. The highest BCUT2D eigenvalue weighted by atomic mass is 19.1. The van der Waals surface area contributed by atoms with Gasteiger partial charge < -0.3 is 25.0 Å². The summed E-state index contributed by atoms with van der Waals surface area (Å²) < 4.78 is 26.0. The van der Waals surface area contributed by atoms with Gasteiger partial charge in [-0.05, 0) is 68.7 Å². The zero-order valence-electron chi connectivity index (χ0n) is 27.0. The number of ether oxygens (including phenoxy) is 2.